The van der Waals surface area contributed by atoms with Gasteiger partial charge in [-0.25, -0.2) is 0 Å². The second kappa shape index (κ2) is 8.99. The molecule has 138 valence electrons. The first kappa shape index (κ1) is 18.6. The summed E-state index contributed by atoms with van der Waals surface area (Å²) in [6.07, 6.45) is 1.70. The van der Waals surface area contributed by atoms with Gasteiger partial charge in [-0.1, -0.05) is 60.7 Å². The van der Waals surface area contributed by atoms with Crippen LogP contribution in [0.3, 0.4) is 0 Å². The van der Waals surface area contributed by atoms with E-state index >= 15 is 0 Å². The highest BCUT2D eigenvalue weighted by Crippen LogP contribution is 2.20. The third-order valence-corrected chi connectivity index (χ3v) is 4.42. The summed E-state index contributed by atoms with van der Waals surface area (Å²) in [4.78, 5) is 19.1. The molecule has 4 nitrogen and oxygen atoms in total. The van der Waals surface area contributed by atoms with E-state index in [-0.39, 0.29) is 5.91 Å². The molecule has 1 amide bonds. The number of benzene rings is 2. The fourth-order valence-corrected chi connectivity index (χ4v) is 2.94. The smallest absolute Gasteiger partial charge is 0.270 e. The van der Waals surface area contributed by atoms with Crippen molar-refractivity contribution in [3.63, 3.8) is 0 Å². The highest BCUT2D eigenvalue weighted by atomic mass is 16.1. The average Bonchev–Trinajstić information content (AvgIpc) is 2.71. The highest BCUT2D eigenvalue weighted by molar-refractivity contribution is 5.93. The second-order valence-corrected chi connectivity index (χ2v) is 6.77. The topological polar surface area (TPSA) is 45.2 Å². The summed E-state index contributed by atoms with van der Waals surface area (Å²) in [6, 6.07) is 24.3. The van der Waals surface area contributed by atoms with Crippen LogP contribution in [0.1, 0.15) is 35.5 Å². The summed E-state index contributed by atoms with van der Waals surface area (Å²) < 4.78 is 0. The third kappa shape index (κ3) is 5.17. The summed E-state index contributed by atoms with van der Waals surface area (Å²) >= 11 is 0. The zero-order chi connectivity index (χ0) is 19.1. The molecule has 0 saturated heterocycles. The molecule has 1 aromatic heterocycles. The van der Waals surface area contributed by atoms with Gasteiger partial charge in [0.1, 0.15) is 5.69 Å². The molecule has 4 heteroatoms. The molecule has 0 saturated carbocycles. The molecule has 0 radical (unpaired) electrons. The minimum Gasteiger partial charge on any atom is -0.365 e. The zero-order valence-corrected chi connectivity index (χ0v) is 15.8. The Labute approximate surface area is 160 Å². The van der Waals surface area contributed by atoms with Crippen molar-refractivity contribution in [1.29, 1.82) is 0 Å². The van der Waals surface area contributed by atoms with Crippen molar-refractivity contribution < 1.29 is 4.79 Å². The maximum Gasteiger partial charge on any atom is 0.270 e. The lowest BCUT2D eigenvalue weighted by Crippen LogP contribution is -2.31. The molecule has 0 bridgehead atoms. The van der Waals surface area contributed by atoms with E-state index < -0.39 is 0 Å². The van der Waals surface area contributed by atoms with E-state index in [0.29, 0.717) is 18.3 Å². The summed E-state index contributed by atoms with van der Waals surface area (Å²) in [5.41, 5.74) is 3.73. The third-order valence-electron chi connectivity index (χ3n) is 4.42. The van der Waals surface area contributed by atoms with Gasteiger partial charge in [0.05, 0.1) is 0 Å². The van der Waals surface area contributed by atoms with Gasteiger partial charge < -0.3 is 10.2 Å². The summed E-state index contributed by atoms with van der Waals surface area (Å²) in [7, 11) is 0. The molecule has 0 aliphatic carbocycles. The van der Waals surface area contributed by atoms with Gasteiger partial charge in [-0.15, -0.1) is 0 Å². The van der Waals surface area contributed by atoms with E-state index in [1.54, 1.807) is 6.20 Å². The van der Waals surface area contributed by atoms with Gasteiger partial charge in [-0.2, -0.15) is 0 Å². The summed E-state index contributed by atoms with van der Waals surface area (Å²) in [6.45, 7) is 5.58. The van der Waals surface area contributed by atoms with Crippen molar-refractivity contribution in [1.82, 2.24) is 10.3 Å². The molecule has 0 atom stereocenters. The standard InChI is InChI=1S/C23H25N3O/c1-18(2)26(17-20-11-7-4-8-12-20)21-13-14-24-22(15-21)23(27)25-16-19-9-5-3-6-10-19/h3-15,18H,16-17H2,1-2H3,(H,25,27). The maximum atomic E-state index is 12.5. The van der Waals surface area contributed by atoms with Crippen LogP contribution in [-0.4, -0.2) is 16.9 Å². The highest BCUT2D eigenvalue weighted by Gasteiger charge is 2.14. The molecular formula is C23H25N3O. The number of pyridine rings is 1. The Bertz CT molecular complexity index is 863. The van der Waals surface area contributed by atoms with Crippen LogP contribution < -0.4 is 10.2 Å². The average molecular weight is 359 g/mol. The number of rotatable bonds is 7. The predicted molar refractivity (Wildman–Crippen MR) is 110 cm³/mol. The zero-order valence-electron chi connectivity index (χ0n) is 15.8. The number of aromatic nitrogens is 1. The number of carbonyl (C=O) groups is 1. The summed E-state index contributed by atoms with van der Waals surface area (Å²) in [5.74, 6) is -0.163. The predicted octanol–water partition coefficient (Wildman–Crippen LogP) is 4.43. The Morgan fingerprint density at radius 3 is 2.22 bits per heavy atom. The Morgan fingerprint density at radius 2 is 1.59 bits per heavy atom. The van der Waals surface area contributed by atoms with Gasteiger partial charge >= 0.3 is 0 Å². The number of hydrogen-bond donors (Lipinski definition) is 1. The van der Waals surface area contributed by atoms with E-state index in [2.05, 4.69) is 41.2 Å². The van der Waals surface area contributed by atoms with Crippen molar-refractivity contribution in [2.75, 3.05) is 4.90 Å². The number of nitrogens with zero attached hydrogens (tertiary/aromatic N) is 2. The van der Waals surface area contributed by atoms with Crippen LogP contribution in [0, 0.1) is 0 Å². The molecule has 0 aliphatic rings. The quantitative estimate of drug-likeness (QED) is 0.679. The number of nitrogens with one attached hydrogen (secondary N) is 1. The lowest BCUT2D eigenvalue weighted by molar-refractivity contribution is 0.0946. The molecule has 3 rings (SSSR count). The van der Waals surface area contributed by atoms with Gasteiger partial charge in [0.25, 0.3) is 5.91 Å². The van der Waals surface area contributed by atoms with Crippen LogP contribution in [0.15, 0.2) is 79.0 Å². The van der Waals surface area contributed by atoms with Gasteiger partial charge in [0.2, 0.25) is 0 Å². The molecule has 0 aliphatic heterocycles. The van der Waals surface area contributed by atoms with Crippen LogP contribution in [-0.2, 0) is 13.1 Å². The van der Waals surface area contributed by atoms with Crippen LogP contribution in [0.25, 0.3) is 0 Å². The van der Waals surface area contributed by atoms with E-state index in [9.17, 15) is 4.79 Å². The normalized spacial score (nSPS) is 10.6. The van der Waals surface area contributed by atoms with Crippen molar-refractivity contribution >= 4 is 11.6 Å². The molecule has 3 aromatic rings. The van der Waals surface area contributed by atoms with E-state index in [1.165, 1.54) is 5.56 Å². The van der Waals surface area contributed by atoms with E-state index in [1.807, 2.05) is 60.7 Å². The molecular weight excluding hydrogens is 334 g/mol. The molecule has 1 N–H and O–H groups in total. The minimum atomic E-state index is -0.163. The fourth-order valence-electron chi connectivity index (χ4n) is 2.94. The molecule has 0 fully saturated rings. The van der Waals surface area contributed by atoms with Gasteiger partial charge in [-0.3, -0.25) is 9.78 Å². The van der Waals surface area contributed by atoms with Crippen LogP contribution in [0.4, 0.5) is 5.69 Å². The Kier molecular flexibility index (Phi) is 6.21. The Hall–Kier alpha value is -3.14. The number of amides is 1. The van der Waals surface area contributed by atoms with Crippen LogP contribution in [0.5, 0.6) is 0 Å². The second-order valence-electron chi connectivity index (χ2n) is 6.77. The molecule has 0 unspecified atom stereocenters. The van der Waals surface area contributed by atoms with Crippen molar-refractivity contribution in [2.24, 2.45) is 0 Å². The van der Waals surface area contributed by atoms with Crippen LogP contribution >= 0.6 is 0 Å². The lowest BCUT2D eigenvalue weighted by Gasteiger charge is -2.29. The first-order chi connectivity index (χ1) is 13.1. The monoisotopic (exact) mass is 359 g/mol. The lowest BCUT2D eigenvalue weighted by atomic mass is 10.1. The van der Waals surface area contributed by atoms with E-state index in [4.69, 9.17) is 0 Å². The first-order valence-corrected chi connectivity index (χ1v) is 9.22. The van der Waals surface area contributed by atoms with Gasteiger partial charge in [0.15, 0.2) is 0 Å². The minimum absolute atomic E-state index is 0.163. The Morgan fingerprint density at radius 1 is 0.963 bits per heavy atom. The van der Waals surface area contributed by atoms with Gasteiger partial charge in [-0.05, 0) is 37.1 Å². The SMILES string of the molecule is CC(C)N(Cc1ccccc1)c1ccnc(C(=O)NCc2ccccc2)c1. The van der Waals surface area contributed by atoms with Crippen LogP contribution in [0.2, 0.25) is 0 Å². The first-order valence-electron chi connectivity index (χ1n) is 9.22. The largest absolute Gasteiger partial charge is 0.365 e. The maximum absolute atomic E-state index is 12.5. The van der Waals surface area contributed by atoms with Crippen molar-refractivity contribution in [2.45, 2.75) is 33.0 Å². The summed E-state index contributed by atoms with van der Waals surface area (Å²) in [5, 5.41) is 2.94. The Balaban J connectivity index is 1.73. The van der Waals surface area contributed by atoms with E-state index in [0.717, 1.165) is 17.8 Å². The number of anilines is 1. The molecule has 27 heavy (non-hydrogen) atoms. The van der Waals surface area contributed by atoms with Gasteiger partial charge in [0, 0.05) is 31.0 Å². The molecule has 0 spiro atoms. The number of hydrogen-bond acceptors (Lipinski definition) is 3. The van der Waals surface area contributed by atoms with Crippen molar-refractivity contribution in [3.8, 4) is 0 Å². The fraction of sp³-hybridized carbons (Fsp3) is 0.217. The van der Waals surface area contributed by atoms with Crippen molar-refractivity contribution in [3.05, 3.63) is 95.8 Å². The molecule has 2 aromatic carbocycles. The number of carbonyl (C=O) groups excluding carboxylic acids is 1. The molecule has 1 heterocycles.